The Hall–Kier alpha value is -1.07. The van der Waals surface area contributed by atoms with Crippen LogP contribution in [0.3, 0.4) is 0 Å². The number of hydrogen-bond acceptors (Lipinski definition) is 7. The summed E-state index contributed by atoms with van der Waals surface area (Å²) < 4.78 is 37.4. The van der Waals surface area contributed by atoms with E-state index in [1.807, 2.05) is 20.1 Å². The number of nitrogens with two attached hydrogens (primary N) is 1. The zero-order valence-electron chi connectivity index (χ0n) is 13.6. The lowest BCUT2D eigenvalue weighted by molar-refractivity contribution is -0.138. The molecule has 11 heteroatoms. The Morgan fingerprint density at radius 3 is 2.29 bits per heavy atom. The second-order valence-electron chi connectivity index (χ2n) is 5.99. The van der Waals surface area contributed by atoms with E-state index in [1.54, 1.807) is 9.80 Å². The van der Waals surface area contributed by atoms with Crippen molar-refractivity contribution in [3.05, 3.63) is 5.01 Å². The topological polar surface area (TPSA) is 75.4 Å². The number of nitrogens with zero attached hydrogens (tertiary/aromatic N) is 4. The second-order valence-corrected chi connectivity index (χ2v) is 8.40. The minimum atomic E-state index is -4.48. The first-order valence-corrected chi connectivity index (χ1v) is 9.35. The van der Waals surface area contributed by atoms with Crippen LogP contribution in [0.25, 0.3) is 0 Å². The van der Waals surface area contributed by atoms with Gasteiger partial charge in [-0.1, -0.05) is 11.3 Å². The molecule has 6 nitrogen and oxygen atoms in total. The van der Waals surface area contributed by atoms with Crippen LogP contribution in [0.5, 0.6) is 0 Å². The fourth-order valence-corrected chi connectivity index (χ4v) is 3.32. The monoisotopic (exact) mass is 383 g/mol. The van der Waals surface area contributed by atoms with Crippen LogP contribution in [0, 0.1) is 0 Å². The van der Waals surface area contributed by atoms with Gasteiger partial charge >= 0.3 is 6.18 Å². The molecule has 2 heterocycles. The number of alkyl halides is 3. The summed E-state index contributed by atoms with van der Waals surface area (Å²) in [7, 11) is 0. The Balaban J connectivity index is 1.96. The van der Waals surface area contributed by atoms with Crippen LogP contribution in [0.1, 0.15) is 18.9 Å². The van der Waals surface area contributed by atoms with E-state index in [-0.39, 0.29) is 15.8 Å². The number of amides is 1. The SMILES string of the molecule is CSC(C)(C)[C@H](N)C(=O)N1CCN(c2nnc(C(F)(F)F)s2)CC1. The zero-order valence-corrected chi connectivity index (χ0v) is 15.3. The van der Waals surface area contributed by atoms with Crippen LogP contribution in [0.4, 0.5) is 18.3 Å². The van der Waals surface area contributed by atoms with E-state index in [0.29, 0.717) is 37.5 Å². The van der Waals surface area contributed by atoms with Gasteiger partial charge in [0.25, 0.3) is 0 Å². The van der Waals surface area contributed by atoms with Crippen molar-refractivity contribution in [3.63, 3.8) is 0 Å². The molecule has 0 saturated carbocycles. The van der Waals surface area contributed by atoms with Crippen molar-refractivity contribution in [1.29, 1.82) is 0 Å². The van der Waals surface area contributed by atoms with Gasteiger partial charge in [-0.15, -0.1) is 10.2 Å². The second kappa shape index (κ2) is 7.04. The summed E-state index contributed by atoms with van der Waals surface area (Å²) in [6.07, 6.45) is -2.58. The molecular formula is C13H20F3N5OS2. The number of anilines is 1. The predicted octanol–water partition coefficient (Wildman–Crippen LogP) is 1.67. The van der Waals surface area contributed by atoms with E-state index < -0.39 is 17.2 Å². The molecule has 1 aromatic heterocycles. The summed E-state index contributed by atoms with van der Waals surface area (Å²) >= 11 is 2.04. The summed E-state index contributed by atoms with van der Waals surface area (Å²) in [5.74, 6) is -0.137. The van der Waals surface area contributed by atoms with Crippen LogP contribution >= 0.6 is 23.1 Å². The van der Waals surface area contributed by atoms with Gasteiger partial charge in [-0.3, -0.25) is 4.79 Å². The molecule has 0 bridgehead atoms. The average molecular weight is 383 g/mol. The lowest BCUT2D eigenvalue weighted by Gasteiger charge is -2.38. The van der Waals surface area contributed by atoms with Gasteiger partial charge in [-0.2, -0.15) is 24.9 Å². The van der Waals surface area contributed by atoms with Crippen molar-refractivity contribution < 1.29 is 18.0 Å². The molecule has 1 aliphatic heterocycles. The molecule has 1 atom stereocenters. The molecule has 1 aromatic rings. The van der Waals surface area contributed by atoms with Gasteiger partial charge < -0.3 is 15.5 Å². The number of aromatic nitrogens is 2. The summed E-state index contributed by atoms with van der Waals surface area (Å²) in [5, 5.41) is 6.06. The quantitative estimate of drug-likeness (QED) is 0.853. The summed E-state index contributed by atoms with van der Waals surface area (Å²) in [6, 6.07) is -0.627. The number of piperazine rings is 1. The maximum absolute atomic E-state index is 12.6. The molecule has 1 amide bonds. The predicted molar refractivity (Wildman–Crippen MR) is 89.3 cm³/mol. The molecule has 0 radical (unpaired) electrons. The highest BCUT2D eigenvalue weighted by Crippen LogP contribution is 2.34. The number of rotatable bonds is 4. The fraction of sp³-hybridized carbons (Fsp3) is 0.769. The van der Waals surface area contributed by atoms with Crippen LogP contribution in [0.15, 0.2) is 0 Å². The number of hydrogen-bond donors (Lipinski definition) is 1. The van der Waals surface area contributed by atoms with Gasteiger partial charge in [0.2, 0.25) is 16.0 Å². The lowest BCUT2D eigenvalue weighted by atomic mass is 10.0. The van der Waals surface area contributed by atoms with E-state index in [4.69, 9.17) is 5.73 Å². The molecule has 0 spiro atoms. The third-order valence-corrected chi connectivity index (χ3v) is 6.39. The molecule has 2 rings (SSSR count). The molecule has 1 saturated heterocycles. The number of carbonyl (C=O) groups excluding carboxylic acids is 1. The molecular weight excluding hydrogens is 363 g/mol. The maximum atomic E-state index is 12.6. The van der Waals surface area contributed by atoms with Crippen molar-refractivity contribution in [3.8, 4) is 0 Å². The molecule has 24 heavy (non-hydrogen) atoms. The van der Waals surface area contributed by atoms with Gasteiger partial charge in [0.1, 0.15) is 0 Å². The minimum absolute atomic E-state index is 0.137. The van der Waals surface area contributed by atoms with Crippen molar-refractivity contribution in [2.24, 2.45) is 5.73 Å². The first kappa shape index (κ1) is 19.3. The number of thioether (sulfide) groups is 1. The maximum Gasteiger partial charge on any atom is 0.445 e. The zero-order chi connectivity index (χ0) is 18.1. The Bertz CT molecular complexity index is 584. The van der Waals surface area contributed by atoms with Crippen LogP contribution in [-0.2, 0) is 11.0 Å². The van der Waals surface area contributed by atoms with Crippen molar-refractivity contribution in [2.75, 3.05) is 37.3 Å². The molecule has 0 aromatic carbocycles. The molecule has 0 unspecified atom stereocenters. The van der Waals surface area contributed by atoms with E-state index in [0.717, 1.165) is 0 Å². The summed E-state index contributed by atoms with van der Waals surface area (Å²) in [5.41, 5.74) is 6.06. The lowest BCUT2D eigenvalue weighted by Crippen LogP contribution is -2.57. The summed E-state index contributed by atoms with van der Waals surface area (Å²) in [6.45, 7) is 5.44. The largest absolute Gasteiger partial charge is 0.445 e. The first-order chi connectivity index (χ1) is 11.1. The smallest absolute Gasteiger partial charge is 0.343 e. The number of carbonyl (C=O) groups is 1. The van der Waals surface area contributed by atoms with Gasteiger partial charge in [-0.05, 0) is 20.1 Å². The Labute approximate surface area is 146 Å². The van der Waals surface area contributed by atoms with E-state index in [1.165, 1.54) is 11.8 Å². The minimum Gasteiger partial charge on any atom is -0.343 e. The van der Waals surface area contributed by atoms with Crippen LogP contribution in [0.2, 0.25) is 0 Å². The molecule has 0 aliphatic carbocycles. The Morgan fingerprint density at radius 2 is 1.83 bits per heavy atom. The first-order valence-electron chi connectivity index (χ1n) is 7.31. The third-order valence-electron chi connectivity index (χ3n) is 4.06. The van der Waals surface area contributed by atoms with Crippen molar-refractivity contribution in [1.82, 2.24) is 15.1 Å². The Morgan fingerprint density at radius 1 is 1.25 bits per heavy atom. The highest BCUT2D eigenvalue weighted by molar-refractivity contribution is 8.00. The van der Waals surface area contributed by atoms with Gasteiger partial charge in [0, 0.05) is 30.9 Å². The summed E-state index contributed by atoms with van der Waals surface area (Å²) in [4.78, 5) is 15.8. The molecule has 1 aliphatic rings. The average Bonchev–Trinajstić information content (AvgIpc) is 3.04. The normalized spacial score (nSPS) is 18.0. The van der Waals surface area contributed by atoms with E-state index in [9.17, 15) is 18.0 Å². The van der Waals surface area contributed by atoms with Crippen LogP contribution < -0.4 is 10.6 Å². The highest BCUT2D eigenvalue weighted by atomic mass is 32.2. The van der Waals surface area contributed by atoms with E-state index in [2.05, 4.69) is 10.2 Å². The van der Waals surface area contributed by atoms with Gasteiger partial charge in [0.15, 0.2) is 0 Å². The molecule has 136 valence electrons. The van der Waals surface area contributed by atoms with Crippen LogP contribution in [-0.4, -0.2) is 64.2 Å². The van der Waals surface area contributed by atoms with Crippen molar-refractivity contribution in [2.45, 2.75) is 30.8 Å². The van der Waals surface area contributed by atoms with Gasteiger partial charge in [0.05, 0.1) is 6.04 Å². The van der Waals surface area contributed by atoms with E-state index >= 15 is 0 Å². The highest BCUT2D eigenvalue weighted by Gasteiger charge is 2.38. The Kier molecular flexibility index (Phi) is 5.65. The molecule has 2 N–H and O–H groups in total. The molecule has 1 fully saturated rings. The fourth-order valence-electron chi connectivity index (χ4n) is 2.20. The number of halogens is 3. The third kappa shape index (κ3) is 4.12. The standard InChI is InChI=1S/C13H20F3N5OS2/c1-12(2,23-3)8(17)9(22)20-4-6-21(7-5-20)11-19-18-10(24-11)13(14,15)16/h8H,4-7,17H2,1-3H3/t8-/m1/s1. The van der Waals surface area contributed by atoms with Gasteiger partial charge in [-0.25, -0.2) is 0 Å². The van der Waals surface area contributed by atoms with Crippen molar-refractivity contribution >= 4 is 34.1 Å².